The van der Waals surface area contributed by atoms with Crippen molar-refractivity contribution in [1.29, 1.82) is 0 Å². The van der Waals surface area contributed by atoms with Crippen molar-refractivity contribution in [2.75, 3.05) is 0 Å². The molecule has 2 heteroatoms. The zero-order chi connectivity index (χ0) is 43.1. The molecule has 0 unspecified atom stereocenters. The lowest BCUT2D eigenvalue weighted by atomic mass is 9.98. The Kier molecular flexibility index (Phi) is 34.2. The summed E-state index contributed by atoms with van der Waals surface area (Å²) in [6.45, 7) is 13.7. The summed E-state index contributed by atoms with van der Waals surface area (Å²) in [6.07, 6.45) is 52.7. The first-order valence-electron chi connectivity index (χ1n) is 26.7. The Morgan fingerprint density at radius 1 is 0.367 bits per heavy atom. The molecule has 0 aliphatic carbocycles. The number of aliphatic imine (C=N–C) groups is 2. The van der Waals surface area contributed by atoms with Crippen LogP contribution in [0.1, 0.15) is 269 Å². The van der Waals surface area contributed by atoms with Crippen molar-refractivity contribution in [2.45, 2.75) is 273 Å². The van der Waals surface area contributed by atoms with Crippen LogP contribution >= 0.6 is 0 Å². The van der Waals surface area contributed by atoms with E-state index in [2.05, 4.69) is 90.1 Å². The number of allylic oxidation sites excluding steroid dienone is 2. The predicted octanol–water partition coefficient (Wildman–Crippen LogP) is 19.9. The molecule has 0 saturated carbocycles. The normalized spacial score (nSPS) is 12.4. The Hall–Kier alpha value is -2.48. The lowest BCUT2D eigenvalue weighted by molar-refractivity contribution is 0.517. The first-order chi connectivity index (χ1) is 29.6. The number of aryl methyl sites for hydroxylation is 4. The van der Waals surface area contributed by atoms with Gasteiger partial charge in [0.2, 0.25) is 0 Å². The van der Waals surface area contributed by atoms with E-state index in [-0.39, 0.29) is 0 Å². The molecule has 0 aliphatic heterocycles. The largest absolute Gasteiger partial charge is 0.251 e. The van der Waals surface area contributed by atoms with Crippen LogP contribution in [0.3, 0.4) is 0 Å². The third-order valence-corrected chi connectivity index (χ3v) is 12.5. The van der Waals surface area contributed by atoms with Crippen LogP contribution in [-0.4, -0.2) is 11.4 Å². The Labute approximate surface area is 374 Å². The number of hydrogen-bond donors (Lipinski definition) is 0. The first-order valence-corrected chi connectivity index (χ1v) is 26.7. The highest BCUT2D eigenvalue weighted by atomic mass is 14.8. The van der Waals surface area contributed by atoms with Gasteiger partial charge in [0.1, 0.15) is 0 Å². The van der Waals surface area contributed by atoms with Gasteiger partial charge in [0.25, 0.3) is 0 Å². The van der Waals surface area contributed by atoms with Gasteiger partial charge in [0, 0.05) is 0 Å². The summed E-state index contributed by atoms with van der Waals surface area (Å²) in [7, 11) is 0. The predicted molar refractivity (Wildman–Crippen MR) is 273 cm³/mol. The zero-order valence-electron chi connectivity index (χ0n) is 41.0. The molecule has 0 amide bonds. The molecule has 2 nitrogen and oxygen atoms in total. The van der Waals surface area contributed by atoms with Gasteiger partial charge in [-0.25, -0.2) is 4.99 Å². The monoisotopic (exact) mass is 823 g/mol. The summed E-state index contributed by atoms with van der Waals surface area (Å²) in [5.41, 5.74) is 10.2. The standard InChI is InChI=1S/C58H98N2/c1-7-13-15-16-17-18-19-20-21-22-23-24-25-26-27-28-29-30-31-32-33-34-35-36-37-38-44-58(60-56-48-46-52(40-10-4)54(50-56)42-12-6)57(43-14-8-2)59-55-47-45-51(39-9-3)53(49-55)41-11-5/h38,44-50H,7-37,39-43H2,1-6H3. The molecule has 0 saturated heterocycles. The second-order valence-electron chi connectivity index (χ2n) is 18.4. The van der Waals surface area contributed by atoms with Crippen molar-refractivity contribution in [2.24, 2.45) is 9.98 Å². The van der Waals surface area contributed by atoms with E-state index in [1.165, 1.54) is 189 Å². The van der Waals surface area contributed by atoms with Crippen LogP contribution in [0.25, 0.3) is 0 Å². The molecule has 2 rings (SSSR count). The van der Waals surface area contributed by atoms with Gasteiger partial charge in [-0.05, 0) is 104 Å². The van der Waals surface area contributed by atoms with Crippen LogP contribution in [0.5, 0.6) is 0 Å². The maximum Gasteiger partial charge on any atom is 0.0848 e. The zero-order valence-corrected chi connectivity index (χ0v) is 41.0. The molecule has 0 aromatic heterocycles. The Bertz CT molecular complexity index is 1400. The van der Waals surface area contributed by atoms with Gasteiger partial charge in [0.15, 0.2) is 0 Å². The van der Waals surface area contributed by atoms with Gasteiger partial charge < -0.3 is 0 Å². The number of hydrogen-bond acceptors (Lipinski definition) is 2. The van der Waals surface area contributed by atoms with Crippen LogP contribution < -0.4 is 0 Å². The van der Waals surface area contributed by atoms with Crippen molar-refractivity contribution >= 4 is 22.8 Å². The van der Waals surface area contributed by atoms with Crippen molar-refractivity contribution in [3.63, 3.8) is 0 Å². The molecule has 60 heavy (non-hydrogen) atoms. The average Bonchev–Trinajstić information content (AvgIpc) is 3.25. The van der Waals surface area contributed by atoms with E-state index >= 15 is 0 Å². The van der Waals surface area contributed by atoms with Gasteiger partial charge in [-0.2, -0.15) is 0 Å². The quantitative estimate of drug-likeness (QED) is 0.0472. The van der Waals surface area contributed by atoms with E-state index in [9.17, 15) is 0 Å². The first kappa shape index (κ1) is 53.7. The highest BCUT2D eigenvalue weighted by Gasteiger charge is 2.11. The summed E-state index contributed by atoms with van der Waals surface area (Å²) in [5, 5.41) is 0. The number of nitrogens with zero attached hydrogens (tertiary/aromatic N) is 2. The minimum Gasteiger partial charge on any atom is -0.251 e. The van der Waals surface area contributed by atoms with E-state index < -0.39 is 0 Å². The van der Waals surface area contributed by atoms with Crippen molar-refractivity contribution < 1.29 is 0 Å². The van der Waals surface area contributed by atoms with Crippen LogP contribution in [0.4, 0.5) is 11.4 Å². The molecule has 2 aromatic rings. The minimum atomic E-state index is 0.953. The van der Waals surface area contributed by atoms with E-state index in [0.717, 1.165) is 87.0 Å². The molecule has 0 N–H and O–H groups in total. The fraction of sp³-hybridized carbons (Fsp3) is 0.724. The Morgan fingerprint density at radius 3 is 1.10 bits per heavy atom. The lowest BCUT2D eigenvalue weighted by Crippen LogP contribution is -2.12. The van der Waals surface area contributed by atoms with Crippen molar-refractivity contribution in [3.8, 4) is 0 Å². The Balaban J connectivity index is 1.81. The van der Waals surface area contributed by atoms with Crippen molar-refractivity contribution in [3.05, 3.63) is 70.8 Å². The molecule has 0 fully saturated rings. The molecular formula is C58H98N2. The van der Waals surface area contributed by atoms with Gasteiger partial charge in [-0.3, -0.25) is 4.99 Å². The summed E-state index contributed by atoms with van der Waals surface area (Å²) in [6, 6.07) is 13.9. The topological polar surface area (TPSA) is 24.7 Å². The van der Waals surface area contributed by atoms with Crippen LogP contribution in [0.15, 0.2) is 58.5 Å². The van der Waals surface area contributed by atoms with Gasteiger partial charge in [0.05, 0.1) is 22.8 Å². The number of unbranched alkanes of at least 4 members (excludes halogenated alkanes) is 25. The average molecular weight is 823 g/mol. The van der Waals surface area contributed by atoms with Crippen LogP contribution in [0, 0.1) is 0 Å². The fourth-order valence-corrected chi connectivity index (χ4v) is 8.89. The number of rotatable bonds is 40. The highest BCUT2D eigenvalue weighted by molar-refractivity contribution is 6.47. The Morgan fingerprint density at radius 2 is 0.717 bits per heavy atom. The molecule has 0 aliphatic rings. The molecule has 2 aromatic carbocycles. The van der Waals surface area contributed by atoms with E-state index in [1.807, 2.05) is 0 Å². The summed E-state index contributed by atoms with van der Waals surface area (Å²) in [4.78, 5) is 10.8. The molecular weight excluding hydrogens is 725 g/mol. The highest BCUT2D eigenvalue weighted by Crippen LogP contribution is 2.26. The third kappa shape index (κ3) is 26.1. The summed E-state index contributed by atoms with van der Waals surface area (Å²) in [5.74, 6) is 0. The van der Waals surface area contributed by atoms with Crippen molar-refractivity contribution in [1.82, 2.24) is 0 Å². The van der Waals surface area contributed by atoms with E-state index in [0.29, 0.717) is 0 Å². The second-order valence-corrected chi connectivity index (χ2v) is 18.4. The van der Waals surface area contributed by atoms with Crippen LogP contribution in [-0.2, 0) is 25.7 Å². The summed E-state index contributed by atoms with van der Waals surface area (Å²) >= 11 is 0. The third-order valence-electron chi connectivity index (χ3n) is 12.5. The smallest absolute Gasteiger partial charge is 0.0848 e. The fourth-order valence-electron chi connectivity index (χ4n) is 8.89. The summed E-state index contributed by atoms with van der Waals surface area (Å²) < 4.78 is 0. The van der Waals surface area contributed by atoms with Gasteiger partial charge in [-0.15, -0.1) is 0 Å². The van der Waals surface area contributed by atoms with Crippen LogP contribution in [0.2, 0.25) is 0 Å². The minimum absolute atomic E-state index is 0.953. The van der Waals surface area contributed by atoms with E-state index in [4.69, 9.17) is 9.98 Å². The molecule has 0 radical (unpaired) electrons. The maximum absolute atomic E-state index is 5.39. The molecule has 340 valence electrons. The molecule has 0 bridgehead atoms. The molecule has 0 atom stereocenters. The maximum atomic E-state index is 5.39. The second kappa shape index (κ2) is 38.2. The lowest BCUT2D eigenvalue weighted by Gasteiger charge is -2.12. The van der Waals surface area contributed by atoms with Gasteiger partial charge in [-0.1, -0.05) is 240 Å². The number of benzene rings is 2. The van der Waals surface area contributed by atoms with Gasteiger partial charge >= 0.3 is 0 Å². The SMILES string of the molecule is CCCCCCCCCCCCCCCCCCCCCCCCCCC=CC(=Nc1ccc(CCC)c(CCC)c1)C(CCCC)=Nc1ccc(CCC)c(CCC)c1. The molecule has 0 heterocycles. The van der Waals surface area contributed by atoms with E-state index in [1.54, 1.807) is 0 Å². The molecule has 0 spiro atoms.